The highest BCUT2D eigenvalue weighted by molar-refractivity contribution is 5.32. The maximum atomic E-state index is 10.6. The molecule has 0 unspecified atom stereocenters. The van der Waals surface area contributed by atoms with Gasteiger partial charge >= 0.3 is 0 Å². The second kappa shape index (κ2) is 3.42. The van der Waals surface area contributed by atoms with E-state index in [0.29, 0.717) is 13.0 Å². The van der Waals surface area contributed by atoms with E-state index in [1.54, 1.807) is 0 Å². The highest BCUT2D eigenvalue weighted by atomic mass is 16.6. The van der Waals surface area contributed by atoms with Crippen molar-refractivity contribution < 1.29 is 19.7 Å². The molecular weight excluding hydrogens is 244 g/mol. The minimum absolute atomic E-state index is 0.0284. The van der Waals surface area contributed by atoms with Gasteiger partial charge in [0.05, 0.1) is 31.5 Å². The van der Waals surface area contributed by atoms with Gasteiger partial charge in [0.25, 0.3) is 0 Å². The number of ether oxygens (including phenoxy) is 2. The lowest BCUT2D eigenvalue weighted by Gasteiger charge is -2.58. The highest BCUT2D eigenvalue weighted by Crippen LogP contribution is 2.71. The first-order valence-corrected chi connectivity index (χ1v) is 7.26. The van der Waals surface area contributed by atoms with Gasteiger partial charge in [0, 0.05) is 17.3 Å². The van der Waals surface area contributed by atoms with Crippen molar-refractivity contribution in [2.24, 2.45) is 10.8 Å². The van der Waals surface area contributed by atoms with Gasteiger partial charge in [-0.1, -0.05) is 18.6 Å². The Hall–Kier alpha value is -0.420. The smallest absolute Gasteiger partial charge is 0.126 e. The Labute approximate surface area is 113 Å². The Balaban J connectivity index is 1.89. The second-order valence-corrected chi connectivity index (χ2v) is 7.00. The van der Waals surface area contributed by atoms with Gasteiger partial charge < -0.3 is 19.7 Å². The summed E-state index contributed by atoms with van der Waals surface area (Å²) in [6.07, 6.45) is 4.03. The van der Waals surface area contributed by atoms with Crippen LogP contribution in [0.2, 0.25) is 0 Å². The molecule has 0 aromatic heterocycles. The van der Waals surface area contributed by atoms with Crippen molar-refractivity contribution in [1.82, 2.24) is 0 Å². The van der Waals surface area contributed by atoms with E-state index in [9.17, 15) is 10.2 Å². The molecule has 2 N–H and O–H groups in total. The fourth-order valence-electron chi connectivity index (χ4n) is 5.03. The number of fused-ring (bicyclic) bond motifs is 2. The zero-order chi connectivity index (χ0) is 13.5. The summed E-state index contributed by atoms with van der Waals surface area (Å²) < 4.78 is 12.0. The van der Waals surface area contributed by atoms with Crippen molar-refractivity contribution in [2.75, 3.05) is 13.2 Å². The minimum Gasteiger partial charge on any atom is -0.396 e. The Kier molecular flexibility index (Phi) is 2.22. The van der Waals surface area contributed by atoms with Crippen molar-refractivity contribution in [3.05, 3.63) is 11.6 Å². The largest absolute Gasteiger partial charge is 0.396 e. The fourth-order valence-corrected chi connectivity index (χ4v) is 5.03. The molecule has 0 aromatic rings. The van der Waals surface area contributed by atoms with Gasteiger partial charge in [-0.25, -0.2) is 0 Å². The molecule has 0 aromatic carbocycles. The number of aliphatic hydroxyl groups excluding tert-OH is 2. The summed E-state index contributed by atoms with van der Waals surface area (Å²) in [5, 5.41) is 20.8. The number of allylic oxidation sites excluding steroid dienone is 1. The summed E-state index contributed by atoms with van der Waals surface area (Å²) in [6.45, 7) is 4.92. The SMILES string of the molecule is CC1=C[C@H]2O[C@H]3C[C@@H](O)[C@@](C)([C@@]2(CO)CC1)[C@]31CO1. The van der Waals surface area contributed by atoms with E-state index in [0.717, 1.165) is 12.8 Å². The number of rotatable bonds is 1. The van der Waals surface area contributed by atoms with E-state index in [-0.39, 0.29) is 24.4 Å². The van der Waals surface area contributed by atoms with Crippen LogP contribution in [-0.2, 0) is 9.47 Å². The molecule has 3 fully saturated rings. The lowest BCUT2D eigenvalue weighted by atomic mass is 9.51. The molecular formula is C15H22O4. The molecule has 2 saturated heterocycles. The average molecular weight is 266 g/mol. The van der Waals surface area contributed by atoms with Crippen LogP contribution >= 0.6 is 0 Å². The highest BCUT2D eigenvalue weighted by Gasteiger charge is 2.81. The molecule has 2 heterocycles. The molecule has 2 aliphatic heterocycles. The number of hydrogen-bond donors (Lipinski definition) is 2. The van der Waals surface area contributed by atoms with Crippen LogP contribution in [0.1, 0.15) is 33.1 Å². The predicted molar refractivity (Wildman–Crippen MR) is 68.6 cm³/mol. The van der Waals surface area contributed by atoms with Crippen LogP contribution in [0.25, 0.3) is 0 Å². The monoisotopic (exact) mass is 266 g/mol. The van der Waals surface area contributed by atoms with Crippen LogP contribution in [0.4, 0.5) is 0 Å². The van der Waals surface area contributed by atoms with E-state index in [2.05, 4.69) is 19.9 Å². The molecule has 106 valence electrons. The standard InChI is InChI=1S/C15H22O4/c1-9-3-4-14(7-16)11(5-9)19-12-6-10(17)13(14,2)15(12)8-18-15/h5,10-12,16-17H,3-4,6-8H2,1-2H3/t10-,11-,12+,13+,14-,15+/m1/s1. The van der Waals surface area contributed by atoms with E-state index in [4.69, 9.17) is 9.47 Å². The van der Waals surface area contributed by atoms with Gasteiger partial charge in [-0.3, -0.25) is 0 Å². The molecule has 2 aliphatic carbocycles. The van der Waals surface area contributed by atoms with E-state index < -0.39 is 16.9 Å². The lowest BCUT2D eigenvalue weighted by molar-refractivity contribution is -0.225. The molecule has 0 radical (unpaired) electrons. The van der Waals surface area contributed by atoms with Crippen LogP contribution in [0, 0.1) is 10.8 Å². The zero-order valence-electron chi connectivity index (χ0n) is 11.6. The quantitative estimate of drug-likeness (QED) is 0.549. The van der Waals surface area contributed by atoms with Gasteiger partial charge in [-0.05, 0) is 19.8 Å². The van der Waals surface area contributed by atoms with E-state index in [1.807, 2.05) is 0 Å². The Bertz CT molecular complexity index is 455. The predicted octanol–water partition coefficient (Wildman–Crippen LogP) is 1.01. The molecule has 1 spiro atoms. The topological polar surface area (TPSA) is 62.2 Å². The normalized spacial score (nSPS) is 58.9. The maximum Gasteiger partial charge on any atom is 0.126 e. The third-order valence-corrected chi connectivity index (χ3v) is 6.53. The molecule has 1 saturated carbocycles. The van der Waals surface area contributed by atoms with E-state index in [1.165, 1.54) is 5.57 Å². The fraction of sp³-hybridized carbons (Fsp3) is 0.867. The van der Waals surface area contributed by atoms with E-state index >= 15 is 0 Å². The molecule has 4 heteroatoms. The van der Waals surface area contributed by atoms with Crippen LogP contribution in [0.3, 0.4) is 0 Å². The zero-order valence-corrected chi connectivity index (χ0v) is 11.6. The Morgan fingerprint density at radius 3 is 2.84 bits per heavy atom. The summed E-state index contributed by atoms with van der Waals surface area (Å²) >= 11 is 0. The average Bonchev–Trinajstić information content (AvgIpc) is 3.15. The van der Waals surface area contributed by atoms with Crippen LogP contribution < -0.4 is 0 Å². The Morgan fingerprint density at radius 1 is 1.47 bits per heavy atom. The molecule has 0 amide bonds. The van der Waals surface area contributed by atoms with Gasteiger partial charge in [-0.15, -0.1) is 0 Å². The summed E-state index contributed by atoms with van der Waals surface area (Å²) in [6, 6.07) is 0. The van der Waals surface area contributed by atoms with Crippen LogP contribution in [0.15, 0.2) is 11.6 Å². The molecule has 6 atom stereocenters. The van der Waals surface area contributed by atoms with Crippen LogP contribution in [0.5, 0.6) is 0 Å². The van der Waals surface area contributed by atoms with Gasteiger partial charge in [0.2, 0.25) is 0 Å². The molecule has 2 bridgehead atoms. The summed E-state index contributed by atoms with van der Waals surface area (Å²) in [4.78, 5) is 0. The van der Waals surface area contributed by atoms with Crippen LogP contribution in [-0.4, -0.2) is 47.3 Å². The van der Waals surface area contributed by atoms with Crippen molar-refractivity contribution in [2.45, 2.75) is 57.0 Å². The third-order valence-electron chi connectivity index (χ3n) is 6.53. The molecule has 4 aliphatic rings. The molecule has 19 heavy (non-hydrogen) atoms. The third kappa shape index (κ3) is 1.13. The second-order valence-electron chi connectivity index (χ2n) is 7.00. The number of hydrogen-bond acceptors (Lipinski definition) is 4. The van der Waals surface area contributed by atoms with Gasteiger partial charge in [-0.2, -0.15) is 0 Å². The number of aliphatic hydroxyl groups is 2. The Morgan fingerprint density at radius 2 is 2.21 bits per heavy atom. The lowest BCUT2D eigenvalue weighted by Crippen LogP contribution is -2.66. The first kappa shape index (κ1) is 12.3. The van der Waals surface area contributed by atoms with Gasteiger partial charge in [0.1, 0.15) is 5.60 Å². The maximum absolute atomic E-state index is 10.6. The summed E-state index contributed by atoms with van der Waals surface area (Å²) in [7, 11) is 0. The van der Waals surface area contributed by atoms with Crippen molar-refractivity contribution in [3.8, 4) is 0 Å². The van der Waals surface area contributed by atoms with Crippen molar-refractivity contribution in [1.29, 1.82) is 0 Å². The molecule has 4 rings (SSSR count). The van der Waals surface area contributed by atoms with Crippen molar-refractivity contribution >= 4 is 0 Å². The number of epoxide rings is 1. The summed E-state index contributed by atoms with van der Waals surface area (Å²) in [5.74, 6) is 0. The minimum atomic E-state index is -0.455. The summed E-state index contributed by atoms with van der Waals surface area (Å²) in [5.41, 5.74) is 0.152. The first-order valence-electron chi connectivity index (χ1n) is 7.26. The van der Waals surface area contributed by atoms with Crippen molar-refractivity contribution in [3.63, 3.8) is 0 Å². The first-order chi connectivity index (χ1) is 9.00. The molecule has 4 nitrogen and oxygen atoms in total. The van der Waals surface area contributed by atoms with Gasteiger partial charge in [0.15, 0.2) is 0 Å².